The van der Waals surface area contributed by atoms with Crippen molar-refractivity contribution in [3.8, 4) is 11.5 Å². The first kappa shape index (κ1) is 12.1. The van der Waals surface area contributed by atoms with Gasteiger partial charge in [0.05, 0.1) is 26.9 Å². The molecule has 5 heteroatoms. The maximum Gasteiger partial charge on any atom is 0.206 e. The first-order valence-corrected chi connectivity index (χ1v) is 5.50. The number of benzene rings is 1. The van der Waals surface area contributed by atoms with Crippen LogP contribution in [0.15, 0.2) is 12.1 Å². The van der Waals surface area contributed by atoms with Gasteiger partial charge in [-0.3, -0.25) is 0 Å². The zero-order valence-electron chi connectivity index (χ0n) is 9.96. The summed E-state index contributed by atoms with van der Waals surface area (Å²) in [7, 11) is 2.86. The Balaban J connectivity index is 2.33. The summed E-state index contributed by atoms with van der Waals surface area (Å²) in [5.41, 5.74) is 0.854. The van der Waals surface area contributed by atoms with Crippen LogP contribution in [0.25, 0.3) is 0 Å². The largest absolute Gasteiger partial charge is 0.494 e. The second-order valence-electron chi connectivity index (χ2n) is 3.80. The summed E-state index contributed by atoms with van der Waals surface area (Å²) in [5, 5.41) is 3.22. The van der Waals surface area contributed by atoms with E-state index < -0.39 is 5.82 Å². The Morgan fingerprint density at radius 2 is 1.94 bits per heavy atom. The number of hydrogen-bond acceptors (Lipinski definition) is 4. The van der Waals surface area contributed by atoms with Crippen molar-refractivity contribution >= 4 is 0 Å². The Bertz CT molecular complexity index is 366. The minimum absolute atomic E-state index is 0.0906. The lowest BCUT2D eigenvalue weighted by atomic mass is 10.1. The third-order valence-corrected chi connectivity index (χ3v) is 2.77. The average molecular weight is 241 g/mol. The normalized spacial score (nSPS) is 20.1. The smallest absolute Gasteiger partial charge is 0.206 e. The van der Waals surface area contributed by atoms with Crippen LogP contribution < -0.4 is 14.8 Å². The molecule has 0 radical (unpaired) electrons. The first-order valence-electron chi connectivity index (χ1n) is 5.50. The van der Waals surface area contributed by atoms with Gasteiger partial charge in [0.15, 0.2) is 11.5 Å². The molecule has 1 atom stereocenters. The second kappa shape index (κ2) is 5.33. The highest BCUT2D eigenvalue weighted by Crippen LogP contribution is 2.32. The van der Waals surface area contributed by atoms with Crippen LogP contribution in [0, 0.1) is 5.82 Å². The molecule has 1 aliphatic heterocycles. The molecule has 0 amide bonds. The molecule has 0 bridgehead atoms. The van der Waals surface area contributed by atoms with E-state index in [4.69, 9.17) is 14.2 Å². The number of methoxy groups -OCH3 is 2. The van der Waals surface area contributed by atoms with Crippen molar-refractivity contribution in [2.75, 3.05) is 33.9 Å². The van der Waals surface area contributed by atoms with Gasteiger partial charge in [0.25, 0.3) is 0 Å². The predicted octanol–water partition coefficient (Wildman–Crippen LogP) is 1.50. The van der Waals surface area contributed by atoms with Gasteiger partial charge in [-0.2, -0.15) is 4.39 Å². The summed E-state index contributed by atoms with van der Waals surface area (Å²) in [6.07, 6.45) is -0.0906. The van der Waals surface area contributed by atoms with Crippen molar-refractivity contribution in [2.24, 2.45) is 0 Å². The van der Waals surface area contributed by atoms with Crippen LogP contribution >= 0.6 is 0 Å². The van der Waals surface area contributed by atoms with Gasteiger partial charge >= 0.3 is 0 Å². The molecule has 1 aromatic carbocycles. The van der Waals surface area contributed by atoms with E-state index in [1.165, 1.54) is 14.2 Å². The van der Waals surface area contributed by atoms with Gasteiger partial charge in [-0.15, -0.1) is 0 Å². The molecule has 1 aromatic rings. The standard InChI is InChI=1S/C12H16FNO3/c1-15-9-5-8(6-10(16-2)12(9)13)11-7-14-3-4-17-11/h5-6,11,14H,3-4,7H2,1-2H3. The molecule has 2 rings (SSSR count). The Morgan fingerprint density at radius 1 is 1.29 bits per heavy atom. The van der Waals surface area contributed by atoms with Gasteiger partial charge in [0, 0.05) is 13.1 Å². The number of morpholine rings is 1. The molecular formula is C12H16FNO3. The molecule has 94 valence electrons. The van der Waals surface area contributed by atoms with E-state index in [9.17, 15) is 4.39 Å². The van der Waals surface area contributed by atoms with Crippen LogP contribution in [0.1, 0.15) is 11.7 Å². The molecule has 4 nitrogen and oxygen atoms in total. The third kappa shape index (κ3) is 2.50. The van der Waals surface area contributed by atoms with Crippen molar-refractivity contribution in [3.63, 3.8) is 0 Å². The predicted molar refractivity (Wildman–Crippen MR) is 61.1 cm³/mol. The number of hydrogen-bond donors (Lipinski definition) is 1. The van der Waals surface area contributed by atoms with E-state index >= 15 is 0 Å². The van der Waals surface area contributed by atoms with Gasteiger partial charge in [-0.25, -0.2) is 0 Å². The maximum absolute atomic E-state index is 13.7. The fourth-order valence-corrected chi connectivity index (χ4v) is 1.86. The molecule has 0 spiro atoms. The SMILES string of the molecule is COc1cc(C2CNCCO2)cc(OC)c1F. The summed E-state index contributed by atoms with van der Waals surface area (Å²) in [4.78, 5) is 0. The van der Waals surface area contributed by atoms with Crippen LogP contribution in [-0.4, -0.2) is 33.9 Å². The maximum atomic E-state index is 13.7. The number of nitrogens with one attached hydrogen (secondary N) is 1. The van der Waals surface area contributed by atoms with Crippen LogP contribution in [0.4, 0.5) is 4.39 Å². The fourth-order valence-electron chi connectivity index (χ4n) is 1.86. The molecular weight excluding hydrogens is 225 g/mol. The lowest BCUT2D eigenvalue weighted by Gasteiger charge is -2.24. The van der Waals surface area contributed by atoms with Crippen LogP contribution in [0.5, 0.6) is 11.5 Å². The van der Waals surface area contributed by atoms with Crippen molar-refractivity contribution in [2.45, 2.75) is 6.10 Å². The summed E-state index contributed by atoms with van der Waals surface area (Å²) in [5.74, 6) is -0.135. The van der Waals surface area contributed by atoms with Crippen LogP contribution in [0.3, 0.4) is 0 Å². The van der Waals surface area contributed by atoms with E-state index in [2.05, 4.69) is 5.32 Å². The van der Waals surface area contributed by atoms with Gasteiger partial charge in [-0.1, -0.05) is 0 Å². The zero-order chi connectivity index (χ0) is 12.3. The molecule has 1 aliphatic rings. The topological polar surface area (TPSA) is 39.7 Å². The molecule has 0 saturated carbocycles. The second-order valence-corrected chi connectivity index (χ2v) is 3.80. The first-order chi connectivity index (χ1) is 8.26. The number of rotatable bonds is 3. The van der Waals surface area contributed by atoms with E-state index in [0.29, 0.717) is 13.2 Å². The van der Waals surface area contributed by atoms with Gasteiger partial charge in [0.2, 0.25) is 5.82 Å². The molecule has 1 N–H and O–H groups in total. The molecule has 1 unspecified atom stereocenters. The van der Waals surface area contributed by atoms with Gasteiger partial charge < -0.3 is 19.5 Å². The van der Waals surface area contributed by atoms with E-state index in [-0.39, 0.29) is 17.6 Å². The Kier molecular flexibility index (Phi) is 3.81. The molecule has 0 aliphatic carbocycles. The lowest BCUT2D eigenvalue weighted by Crippen LogP contribution is -2.33. The highest BCUT2D eigenvalue weighted by Gasteiger charge is 2.20. The quantitative estimate of drug-likeness (QED) is 0.870. The highest BCUT2D eigenvalue weighted by molar-refractivity contribution is 5.41. The fraction of sp³-hybridized carbons (Fsp3) is 0.500. The van der Waals surface area contributed by atoms with Gasteiger partial charge in [-0.05, 0) is 17.7 Å². The zero-order valence-corrected chi connectivity index (χ0v) is 9.96. The minimum atomic E-state index is -0.484. The number of ether oxygens (including phenoxy) is 3. The van der Waals surface area contributed by atoms with Crippen molar-refractivity contribution in [3.05, 3.63) is 23.5 Å². The van der Waals surface area contributed by atoms with Gasteiger partial charge in [0.1, 0.15) is 0 Å². The monoisotopic (exact) mass is 241 g/mol. The Labute approximate surface area is 99.7 Å². The van der Waals surface area contributed by atoms with Crippen molar-refractivity contribution < 1.29 is 18.6 Å². The average Bonchev–Trinajstić information content (AvgIpc) is 2.40. The van der Waals surface area contributed by atoms with Crippen LogP contribution in [-0.2, 0) is 4.74 Å². The Hall–Kier alpha value is -1.33. The summed E-state index contributed by atoms with van der Waals surface area (Å²) in [6, 6.07) is 3.30. The molecule has 1 heterocycles. The number of halogens is 1. The van der Waals surface area contributed by atoms with E-state index in [1.807, 2.05) is 0 Å². The minimum Gasteiger partial charge on any atom is -0.494 e. The lowest BCUT2D eigenvalue weighted by molar-refractivity contribution is 0.0274. The molecule has 1 saturated heterocycles. The van der Waals surface area contributed by atoms with Crippen molar-refractivity contribution in [1.29, 1.82) is 0 Å². The molecule has 1 fully saturated rings. The van der Waals surface area contributed by atoms with Crippen molar-refractivity contribution in [1.82, 2.24) is 5.32 Å². The Morgan fingerprint density at radius 3 is 2.41 bits per heavy atom. The third-order valence-electron chi connectivity index (χ3n) is 2.77. The van der Waals surface area contributed by atoms with Crippen LogP contribution in [0.2, 0.25) is 0 Å². The summed E-state index contributed by atoms with van der Waals surface area (Å²) < 4.78 is 29.3. The summed E-state index contributed by atoms with van der Waals surface area (Å²) in [6.45, 7) is 2.19. The summed E-state index contributed by atoms with van der Waals surface area (Å²) >= 11 is 0. The highest BCUT2D eigenvalue weighted by atomic mass is 19.1. The molecule has 0 aromatic heterocycles. The molecule has 17 heavy (non-hydrogen) atoms. The van der Waals surface area contributed by atoms with E-state index in [0.717, 1.165) is 12.1 Å². The van der Waals surface area contributed by atoms with E-state index in [1.54, 1.807) is 12.1 Å².